The zero-order valence-electron chi connectivity index (χ0n) is 68.0. The van der Waals surface area contributed by atoms with E-state index in [-0.39, 0.29) is 25.7 Å². The summed E-state index contributed by atoms with van der Waals surface area (Å²) in [4.78, 5) is 73.1. The molecule has 0 aliphatic heterocycles. The third-order valence-corrected chi connectivity index (χ3v) is 21.5. The van der Waals surface area contributed by atoms with Crippen molar-refractivity contribution < 1.29 is 80.2 Å². The minimum atomic E-state index is -4.97. The van der Waals surface area contributed by atoms with Gasteiger partial charge in [-0.1, -0.05) is 368 Å². The fraction of sp³-hybridized carbons (Fsp3) is 0.906. The summed E-state index contributed by atoms with van der Waals surface area (Å²) < 4.78 is 68.8. The van der Waals surface area contributed by atoms with E-state index >= 15 is 0 Å². The minimum Gasteiger partial charge on any atom is -0.462 e. The lowest BCUT2D eigenvalue weighted by Gasteiger charge is -2.21. The Labute approximate surface area is 637 Å². The molecule has 0 aromatic rings. The molecule has 0 fully saturated rings. The zero-order valence-corrected chi connectivity index (χ0v) is 69.8. The van der Waals surface area contributed by atoms with Crippen molar-refractivity contribution in [1.82, 2.24) is 0 Å². The molecule has 17 nitrogen and oxygen atoms in total. The van der Waals surface area contributed by atoms with Crippen LogP contribution in [0.2, 0.25) is 0 Å². The lowest BCUT2D eigenvalue weighted by molar-refractivity contribution is -0.161. The highest BCUT2D eigenvalue weighted by Gasteiger charge is 2.30. The summed E-state index contributed by atoms with van der Waals surface area (Å²) in [6.45, 7) is 11.9. The van der Waals surface area contributed by atoms with Gasteiger partial charge in [-0.3, -0.25) is 37.3 Å². The van der Waals surface area contributed by atoms with Gasteiger partial charge in [-0.2, -0.15) is 0 Å². The average molecular weight is 1520 g/mol. The van der Waals surface area contributed by atoms with E-state index < -0.39 is 97.5 Å². The van der Waals surface area contributed by atoms with Gasteiger partial charge in [0.15, 0.2) is 12.2 Å². The normalized spacial score (nSPS) is 14.3. The van der Waals surface area contributed by atoms with Crippen LogP contribution in [0.4, 0.5) is 0 Å². The van der Waals surface area contributed by atoms with Gasteiger partial charge in [0, 0.05) is 25.7 Å². The van der Waals surface area contributed by atoms with Crippen molar-refractivity contribution in [2.75, 3.05) is 39.6 Å². The number of carbonyl (C=O) groups is 4. The van der Waals surface area contributed by atoms with Crippen LogP contribution in [0.1, 0.15) is 421 Å². The van der Waals surface area contributed by atoms with Crippen molar-refractivity contribution in [2.45, 2.75) is 439 Å². The van der Waals surface area contributed by atoms with E-state index in [2.05, 4.69) is 72.8 Å². The molecule has 0 aromatic carbocycles. The maximum Gasteiger partial charge on any atom is 0.472 e. The molecule has 0 aliphatic rings. The molecule has 6 atom stereocenters. The number of carbonyl (C=O) groups excluding carboxylic acids is 4. The van der Waals surface area contributed by atoms with Crippen LogP contribution < -0.4 is 0 Å². The van der Waals surface area contributed by atoms with Gasteiger partial charge >= 0.3 is 39.5 Å². The topological polar surface area (TPSA) is 237 Å². The fourth-order valence-corrected chi connectivity index (χ4v) is 14.2. The predicted octanol–water partition coefficient (Wildman–Crippen LogP) is 25.3. The van der Waals surface area contributed by atoms with Gasteiger partial charge in [0.1, 0.15) is 19.3 Å². The Morgan fingerprint density at radius 1 is 0.317 bits per heavy atom. The van der Waals surface area contributed by atoms with E-state index in [1.807, 2.05) is 0 Å². The lowest BCUT2D eigenvalue weighted by atomic mass is 10.00. The largest absolute Gasteiger partial charge is 0.472 e. The number of phosphoric ester groups is 2. The summed E-state index contributed by atoms with van der Waals surface area (Å²) >= 11 is 0. The number of esters is 4. The van der Waals surface area contributed by atoms with E-state index in [1.54, 1.807) is 0 Å². The first-order chi connectivity index (χ1) is 50.3. The number of rotatable bonds is 81. The highest BCUT2D eigenvalue weighted by molar-refractivity contribution is 7.47. The smallest absolute Gasteiger partial charge is 0.462 e. The molecule has 3 N–H and O–H groups in total. The summed E-state index contributed by atoms with van der Waals surface area (Å²) in [5.74, 6) is 0.211. The molecule has 614 valence electrons. The quantitative estimate of drug-likeness (QED) is 0.0169. The summed E-state index contributed by atoms with van der Waals surface area (Å²) in [7, 11) is -9.94. The summed E-state index contributed by atoms with van der Waals surface area (Å²) in [5.41, 5.74) is 0. The maximum atomic E-state index is 13.1. The standard InChI is InChI=1S/C85H162O17P2/c1-8-10-11-12-13-14-15-16-22-29-34-39-44-52-59-66-82(87)95-72-80(101-84(89)68-62-55-46-41-36-31-26-21-24-28-33-38-43-50-57-64-77(5)6)74-99-103(91,92)97-70-79(86)71-98-104(93,94)100-75-81(73-96-83(88)67-60-53-48-47-51-58-65-78(7)9-2)102-85(90)69-61-54-45-40-35-30-25-20-18-17-19-23-27-32-37-42-49-56-63-76(3)4/h14-16,22,76-81,86H,8-13,17-21,23-75H2,1-7H3,(H,91,92)(H,93,94)/b15-14-,22-16-/t78?,79-,80-,81-/m1/s1. The lowest BCUT2D eigenvalue weighted by Crippen LogP contribution is -2.30. The van der Waals surface area contributed by atoms with Crippen LogP contribution in [0.5, 0.6) is 0 Å². The highest BCUT2D eigenvalue weighted by Crippen LogP contribution is 2.45. The molecule has 0 heterocycles. The Kier molecular flexibility index (Phi) is 72.9. The number of phosphoric acid groups is 2. The third kappa shape index (κ3) is 76.3. The molecule has 0 bridgehead atoms. The van der Waals surface area contributed by atoms with Gasteiger partial charge in [-0.25, -0.2) is 9.13 Å². The van der Waals surface area contributed by atoms with E-state index in [0.29, 0.717) is 25.7 Å². The van der Waals surface area contributed by atoms with Gasteiger partial charge in [0.2, 0.25) is 0 Å². The number of unbranched alkanes of at least 4 members (excludes halogenated alkanes) is 45. The number of hydrogen-bond donors (Lipinski definition) is 3. The minimum absolute atomic E-state index is 0.101. The average Bonchev–Trinajstić information content (AvgIpc) is 0.936. The van der Waals surface area contributed by atoms with Gasteiger partial charge < -0.3 is 33.8 Å². The summed E-state index contributed by atoms with van der Waals surface area (Å²) in [6.07, 6.45) is 67.5. The number of hydrogen-bond acceptors (Lipinski definition) is 15. The van der Waals surface area contributed by atoms with Crippen molar-refractivity contribution >= 4 is 39.5 Å². The van der Waals surface area contributed by atoms with Gasteiger partial charge in [-0.15, -0.1) is 0 Å². The SMILES string of the molecule is CCCCCC/C=C\C=C/CCCCCCCC(=O)OC[C@H](COP(=O)(O)OC[C@@H](O)COP(=O)(O)OC[C@@H](COC(=O)CCCCCCCCC(C)CC)OC(=O)CCCCCCCCCCCCCCCCCCCCC(C)C)OC(=O)CCCCCCCCCCCCCCCCCC(C)C. The van der Waals surface area contributed by atoms with Crippen molar-refractivity contribution in [3.05, 3.63) is 24.3 Å². The zero-order chi connectivity index (χ0) is 76.5. The van der Waals surface area contributed by atoms with E-state index in [1.165, 1.54) is 205 Å². The molecular weight excluding hydrogens is 1350 g/mol. The Bertz CT molecular complexity index is 2110. The van der Waals surface area contributed by atoms with Gasteiger partial charge in [0.05, 0.1) is 26.4 Å². The summed E-state index contributed by atoms with van der Waals surface area (Å²) in [5, 5.41) is 10.7. The van der Waals surface area contributed by atoms with Crippen LogP contribution in [-0.4, -0.2) is 96.7 Å². The molecule has 19 heteroatoms. The maximum absolute atomic E-state index is 13.1. The number of allylic oxidation sites excluding steroid dienone is 4. The first-order valence-corrected chi connectivity index (χ1v) is 46.2. The molecule has 0 aliphatic carbocycles. The Morgan fingerprint density at radius 2 is 0.567 bits per heavy atom. The molecule has 104 heavy (non-hydrogen) atoms. The van der Waals surface area contributed by atoms with Gasteiger partial charge in [0.25, 0.3) is 0 Å². The van der Waals surface area contributed by atoms with Crippen LogP contribution in [0.25, 0.3) is 0 Å². The second kappa shape index (κ2) is 74.6. The highest BCUT2D eigenvalue weighted by atomic mass is 31.2. The Morgan fingerprint density at radius 3 is 0.856 bits per heavy atom. The number of aliphatic hydroxyl groups excluding tert-OH is 1. The molecule has 0 aromatic heterocycles. The summed E-state index contributed by atoms with van der Waals surface area (Å²) in [6, 6.07) is 0. The third-order valence-electron chi connectivity index (χ3n) is 19.6. The molecule has 0 saturated carbocycles. The van der Waals surface area contributed by atoms with Crippen molar-refractivity contribution in [3.63, 3.8) is 0 Å². The van der Waals surface area contributed by atoms with E-state index in [9.17, 15) is 43.2 Å². The number of ether oxygens (including phenoxy) is 4. The van der Waals surface area contributed by atoms with Crippen LogP contribution in [0.15, 0.2) is 24.3 Å². The van der Waals surface area contributed by atoms with Crippen molar-refractivity contribution in [2.24, 2.45) is 17.8 Å². The molecule has 0 radical (unpaired) electrons. The predicted molar refractivity (Wildman–Crippen MR) is 427 cm³/mol. The molecule has 0 rings (SSSR count). The monoisotopic (exact) mass is 1520 g/mol. The van der Waals surface area contributed by atoms with E-state index in [4.69, 9.17) is 37.0 Å². The van der Waals surface area contributed by atoms with Crippen LogP contribution in [0, 0.1) is 17.8 Å². The second-order valence-electron chi connectivity index (χ2n) is 31.1. The van der Waals surface area contributed by atoms with Crippen LogP contribution in [0.3, 0.4) is 0 Å². The first-order valence-electron chi connectivity index (χ1n) is 43.2. The van der Waals surface area contributed by atoms with E-state index in [0.717, 1.165) is 133 Å². The second-order valence-corrected chi connectivity index (χ2v) is 34.0. The Balaban J connectivity index is 5.24. The first kappa shape index (κ1) is 102. The number of aliphatic hydroxyl groups is 1. The molecule has 0 saturated heterocycles. The van der Waals surface area contributed by atoms with Crippen LogP contribution >= 0.6 is 15.6 Å². The molecular formula is C85H162O17P2. The van der Waals surface area contributed by atoms with Gasteiger partial charge in [-0.05, 0) is 69.1 Å². The molecule has 0 amide bonds. The fourth-order valence-electron chi connectivity index (χ4n) is 12.6. The Hall–Kier alpha value is -2.46. The van der Waals surface area contributed by atoms with Crippen LogP contribution in [-0.2, 0) is 65.4 Å². The molecule has 3 unspecified atom stereocenters. The molecule has 0 spiro atoms. The van der Waals surface area contributed by atoms with Crippen molar-refractivity contribution in [1.29, 1.82) is 0 Å². The van der Waals surface area contributed by atoms with Crippen molar-refractivity contribution in [3.8, 4) is 0 Å².